The van der Waals surface area contributed by atoms with E-state index in [0.29, 0.717) is 0 Å². The van der Waals surface area contributed by atoms with Crippen LogP contribution in [0.15, 0.2) is 0 Å². The predicted octanol–water partition coefficient (Wildman–Crippen LogP) is 3.27. The fourth-order valence-electron chi connectivity index (χ4n) is 0.677. The molecule has 58 valence electrons. The Morgan fingerprint density at radius 3 is 1.44 bits per heavy atom. The summed E-state index contributed by atoms with van der Waals surface area (Å²) in [7, 11) is 0. The van der Waals surface area contributed by atoms with Crippen LogP contribution in [-0.2, 0) is 0 Å². The van der Waals surface area contributed by atoms with Crippen LogP contribution in [0.3, 0.4) is 0 Å². The molecule has 0 unspecified atom stereocenters. The summed E-state index contributed by atoms with van der Waals surface area (Å²) in [5, 5.41) is 0. The summed E-state index contributed by atoms with van der Waals surface area (Å²) in [6, 6.07) is 0. The van der Waals surface area contributed by atoms with Crippen LogP contribution < -0.4 is 3.95 Å². The summed E-state index contributed by atoms with van der Waals surface area (Å²) in [5.74, 6) is 0. The van der Waals surface area contributed by atoms with E-state index < -0.39 is 0 Å². The molecule has 2 N–H and O–H groups in total. The highest BCUT2D eigenvalue weighted by Crippen LogP contribution is 2.00. The summed E-state index contributed by atoms with van der Waals surface area (Å²) >= 11 is 1.65. The van der Waals surface area contributed by atoms with Crippen molar-refractivity contribution in [2.45, 2.75) is 46.0 Å². The van der Waals surface area contributed by atoms with E-state index in [1.807, 2.05) is 0 Å². The Balaban J connectivity index is 0. The smallest absolute Gasteiger partial charge is 0.0137 e. The molecule has 0 aromatic rings. The molecule has 1 nitrogen and oxygen atoms in total. The van der Waals surface area contributed by atoms with Gasteiger partial charge in [0.25, 0.3) is 0 Å². The zero-order valence-corrected chi connectivity index (χ0v) is 8.65. The largest absolute Gasteiger partial charge is 0.275 e. The molecule has 0 amide bonds. The van der Waals surface area contributed by atoms with Crippen molar-refractivity contribution in [1.82, 2.24) is 0 Å². The fourth-order valence-corrected chi connectivity index (χ4v) is 0.677. The first-order valence-electron chi connectivity index (χ1n) is 3.63. The molecule has 0 fully saturated rings. The molecule has 0 heterocycles. The lowest BCUT2D eigenvalue weighted by Gasteiger charge is -1.90. The van der Waals surface area contributed by atoms with Gasteiger partial charge in [-0.2, -0.15) is 0 Å². The SMILES string of the molecule is CCCCCCC.NI. The monoisotopic (exact) mass is 243 g/mol. The van der Waals surface area contributed by atoms with Gasteiger partial charge in [0.1, 0.15) is 0 Å². The Morgan fingerprint density at radius 2 is 1.22 bits per heavy atom. The standard InChI is InChI=1S/C7H16.H2IN/c1-3-5-7-6-4-2;1-2/h3-7H2,1-2H3;2H2. The van der Waals surface area contributed by atoms with Gasteiger partial charge in [-0.3, -0.25) is 3.95 Å². The van der Waals surface area contributed by atoms with Crippen molar-refractivity contribution in [3.05, 3.63) is 0 Å². The number of unbranched alkanes of at least 4 members (excludes halogenated alkanes) is 4. The van der Waals surface area contributed by atoms with Gasteiger partial charge >= 0.3 is 0 Å². The Bertz CT molecular complexity index is 28.1. The second kappa shape index (κ2) is 15.9. The van der Waals surface area contributed by atoms with Gasteiger partial charge < -0.3 is 0 Å². The highest BCUT2D eigenvalue weighted by Gasteiger charge is 1.80. The van der Waals surface area contributed by atoms with Crippen LogP contribution in [0.5, 0.6) is 0 Å². The van der Waals surface area contributed by atoms with Crippen LogP contribution in [0.1, 0.15) is 46.0 Å². The molecule has 2 heteroatoms. The minimum atomic E-state index is 1.36. The minimum absolute atomic E-state index is 1.36. The third-order valence-electron chi connectivity index (χ3n) is 1.21. The molecule has 0 saturated heterocycles. The zero-order valence-electron chi connectivity index (χ0n) is 6.49. The van der Waals surface area contributed by atoms with Crippen molar-refractivity contribution >= 4 is 22.9 Å². The summed E-state index contributed by atoms with van der Waals surface area (Å²) in [5.41, 5.74) is 0. The Kier molecular flexibility index (Phi) is 21.8. The van der Waals surface area contributed by atoms with Gasteiger partial charge in [0.05, 0.1) is 0 Å². The fraction of sp³-hybridized carbons (Fsp3) is 1.00. The zero-order chi connectivity index (χ0) is 7.54. The van der Waals surface area contributed by atoms with Gasteiger partial charge in [0, 0.05) is 22.9 Å². The average molecular weight is 243 g/mol. The lowest BCUT2D eigenvalue weighted by molar-refractivity contribution is 0.656. The predicted molar refractivity (Wildman–Crippen MR) is 52.6 cm³/mol. The molecule has 0 aliphatic carbocycles. The van der Waals surface area contributed by atoms with Crippen LogP contribution in [0.25, 0.3) is 0 Å². The van der Waals surface area contributed by atoms with Crippen molar-refractivity contribution in [2.24, 2.45) is 3.95 Å². The van der Waals surface area contributed by atoms with Crippen LogP contribution in [0.2, 0.25) is 0 Å². The summed E-state index contributed by atoms with van der Waals surface area (Å²) in [6.45, 7) is 4.49. The molecule has 0 atom stereocenters. The van der Waals surface area contributed by atoms with E-state index in [2.05, 4.69) is 17.8 Å². The number of hydrogen-bond acceptors (Lipinski definition) is 1. The molecule has 0 saturated carbocycles. The second-order valence-corrected chi connectivity index (χ2v) is 2.06. The molecule has 0 aromatic heterocycles. The molecule has 0 aliphatic heterocycles. The molecular weight excluding hydrogens is 225 g/mol. The maximum atomic E-state index is 4.47. The molecule has 0 radical (unpaired) electrons. The molecule has 0 aliphatic rings. The van der Waals surface area contributed by atoms with Crippen molar-refractivity contribution in [3.8, 4) is 0 Å². The van der Waals surface area contributed by atoms with E-state index in [9.17, 15) is 0 Å². The van der Waals surface area contributed by atoms with E-state index in [-0.39, 0.29) is 0 Å². The van der Waals surface area contributed by atoms with Crippen molar-refractivity contribution in [2.75, 3.05) is 0 Å². The summed E-state index contributed by atoms with van der Waals surface area (Å²) in [4.78, 5) is 0. The van der Waals surface area contributed by atoms with E-state index in [4.69, 9.17) is 0 Å². The van der Waals surface area contributed by atoms with E-state index in [1.54, 1.807) is 22.9 Å². The molecule has 0 rings (SSSR count). The van der Waals surface area contributed by atoms with Crippen molar-refractivity contribution in [3.63, 3.8) is 0 Å². The number of hydrogen-bond donors (Lipinski definition) is 1. The Labute approximate surface area is 72.9 Å². The van der Waals surface area contributed by atoms with Gasteiger partial charge in [-0.15, -0.1) is 0 Å². The maximum Gasteiger partial charge on any atom is 0.0137 e. The van der Waals surface area contributed by atoms with Crippen LogP contribution in [-0.4, -0.2) is 0 Å². The van der Waals surface area contributed by atoms with E-state index in [0.717, 1.165) is 0 Å². The molecule has 0 spiro atoms. The first-order valence-corrected chi connectivity index (χ1v) is 4.88. The average Bonchev–Trinajstić information content (AvgIpc) is 1.94. The normalized spacial score (nSPS) is 8.00. The topological polar surface area (TPSA) is 26.0 Å². The van der Waals surface area contributed by atoms with Gasteiger partial charge in [0.15, 0.2) is 0 Å². The third kappa shape index (κ3) is 17.7. The van der Waals surface area contributed by atoms with E-state index in [1.165, 1.54) is 32.1 Å². The minimum Gasteiger partial charge on any atom is -0.275 e. The van der Waals surface area contributed by atoms with Gasteiger partial charge in [-0.05, 0) is 0 Å². The third-order valence-corrected chi connectivity index (χ3v) is 1.21. The van der Waals surface area contributed by atoms with Crippen LogP contribution in [0.4, 0.5) is 0 Å². The highest BCUT2D eigenvalue weighted by molar-refractivity contribution is 14.1. The molecule has 0 aromatic carbocycles. The van der Waals surface area contributed by atoms with Gasteiger partial charge in [-0.25, -0.2) is 0 Å². The lowest BCUT2D eigenvalue weighted by Crippen LogP contribution is -1.70. The Morgan fingerprint density at radius 1 is 0.889 bits per heavy atom. The van der Waals surface area contributed by atoms with Crippen molar-refractivity contribution in [1.29, 1.82) is 0 Å². The first kappa shape index (κ1) is 12.4. The van der Waals surface area contributed by atoms with Gasteiger partial charge in [-0.1, -0.05) is 46.0 Å². The molecule has 0 bridgehead atoms. The number of rotatable bonds is 4. The van der Waals surface area contributed by atoms with Crippen LogP contribution >= 0.6 is 22.9 Å². The maximum absolute atomic E-state index is 4.47. The second-order valence-electron chi connectivity index (χ2n) is 2.06. The quantitative estimate of drug-likeness (QED) is 0.457. The Hall–Kier alpha value is 0.690. The summed E-state index contributed by atoms with van der Waals surface area (Å²) in [6.07, 6.45) is 7.01. The summed E-state index contributed by atoms with van der Waals surface area (Å²) < 4.78 is 4.47. The molecule has 9 heavy (non-hydrogen) atoms. The number of halogens is 1. The van der Waals surface area contributed by atoms with Crippen LogP contribution in [0, 0.1) is 0 Å². The van der Waals surface area contributed by atoms with Gasteiger partial charge in [0.2, 0.25) is 0 Å². The first-order chi connectivity index (χ1) is 4.41. The van der Waals surface area contributed by atoms with E-state index >= 15 is 0 Å². The lowest BCUT2D eigenvalue weighted by atomic mass is 10.2. The molecular formula is C7H18IN. The number of nitrogens with two attached hydrogens (primary N) is 1. The highest BCUT2D eigenvalue weighted by atomic mass is 127. The van der Waals surface area contributed by atoms with Crippen molar-refractivity contribution < 1.29 is 0 Å².